The SMILES string of the molecule is CCN1NCc2c(C(=O)OC)cccc21. The second kappa shape index (κ2) is 3.90. The van der Waals surface area contributed by atoms with Gasteiger partial charge in [0.2, 0.25) is 0 Å². The number of fused-ring (bicyclic) bond motifs is 1. The van der Waals surface area contributed by atoms with E-state index in [1.54, 1.807) is 6.07 Å². The Kier molecular flexibility index (Phi) is 2.60. The number of hydrazine groups is 1. The molecule has 1 N–H and O–H groups in total. The Labute approximate surface area is 88.8 Å². The van der Waals surface area contributed by atoms with Gasteiger partial charge >= 0.3 is 5.97 Å². The number of nitrogens with zero attached hydrogens (tertiary/aromatic N) is 1. The van der Waals surface area contributed by atoms with Gasteiger partial charge in [-0.2, -0.15) is 0 Å². The monoisotopic (exact) mass is 206 g/mol. The fraction of sp³-hybridized carbons (Fsp3) is 0.364. The highest BCUT2D eigenvalue weighted by atomic mass is 16.5. The van der Waals surface area contributed by atoms with Gasteiger partial charge in [-0.05, 0) is 19.1 Å². The van der Waals surface area contributed by atoms with Gasteiger partial charge in [0.15, 0.2) is 0 Å². The van der Waals surface area contributed by atoms with Gasteiger partial charge in [0.25, 0.3) is 0 Å². The van der Waals surface area contributed by atoms with Crippen LogP contribution in [0.4, 0.5) is 5.69 Å². The van der Waals surface area contributed by atoms with Gasteiger partial charge in [0.05, 0.1) is 18.4 Å². The average Bonchev–Trinajstić information content (AvgIpc) is 2.70. The Morgan fingerprint density at radius 2 is 2.40 bits per heavy atom. The molecule has 0 unspecified atom stereocenters. The fourth-order valence-corrected chi connectivity index (χ4v) is 1.86. The van der Waals surface area contributed by atoms with Gasteiger partial charge in [-0.25, -0.2) is 10.2 Å². The van der Waals surface area contributed by atoms with Gasteiger partial charge in [-0.3, -0.25) is 0 Å². The quantitative estimate of drug-likeness (QED) is 0.741. The molecule has 0 bridgehead atoms. The summed E-state index contributed by atoms with van der Waals surface area (Å²) in [6, 6.07) is 5.68. The van der Waals surface area contributed by atoms with Crippen molar-refractivity contribution in [3.8, 4) is 0 Å². The minimum absolute atomic E-state index is 0.272. The van der Waals surface area contributed by atoms with Crippen LogP contribution >= 0.6 is 0 Å². The smallest absolute Gasteiger partial charge is 0.338 e. The zero-order valence-electron chi connectivity index (χ0n) is 8.91. The summed E-state index contributed by atoms with van der Waals surface area (Å²) in [6.07, 6.45) is 0. The molecule has 0 radical (unpaired) electrons. The van der Waals surface area contributed by atoms with Gasteiger partial charge in [0.1, 0.15) is 0 Å². The normalized spacial score (nSPS) is 13.9. The molecule has 1 aliphatic heterocycles. The number of carbonyl (C=O) groups excluding carboxylic acids is 1. The summed E-state index contributed by atoms with van der Waals surface area (Å²) in [5, 5.41) is 2.03. The van der Waals surface area contributed by atoms with Crippen LogP contribution in [-0.4, -0.2) is 19.6 Å². The van der Waals surface area contributed by atoms with Gasteiger partial charge in [0, 0.05) is 18.7 Å². The first-order valence-electron chi connectivity index (χ1n) is 4.99. The highest BCUT2D eigenvalue weighted by Crippen LogP contribution is 2.28. The predicted octanol–water partition coefficient (Wildman–Crippen LogP) is 1.32. The first-order valence-corrected chi connectivity index (χ1v) is 4.99. The van der Waals surface area contributed by atoms with E-state index in [1.807, 2.05) is 17.1 Å². The molecular formula is C11H14N2O2. The van der Waals surface area contributed by atoms with Gasteiger partial charge < -0.3 is 9.75 Å². The van der Waals surface area contributed by atoms with Crippen molar-refractivity contribution in [2.45, 2.75) is 13.5 Å². The molecule has 80 valence electrons. The predicted molar refractivity (Wildman–Crippen MR) is 57.6 cm³/mol. The highest BCUT2D eigenvalue weighted by Gasteiger charge is 2.22. The molecule has 1 heterocycles. The number of methoxy groups -OCH3 is 1. The van der Waals surface area contributed by atoms with E-state index in [1.165, 1.54) is 7.11 Å². The molecule has 2 rings (SSSR count). The maximum absolute atomic E-state index is 11.5. The number of carbonyl (C=O) groups is 1. The van der Waals surface area contributed by atoms with Crippen molar-refractivity contribution in [2.24, 2.45) is 0 Å². The van der Waals surface area contributed by atoms with E-state index in [-0.39, 0.29) is 5.97 Å². The summed E-state index contributed by atoms with van der Waals surface area (Å²) in [5.41, 5.74) is 5.96. The fourth-order valence-electron chi connectivity index (χ4n) is 1.86. The van der Waals surface area contributed by atoms with E-state index in [2.05, 4.69) is 12.3 Å². The summed E-state index contributed by atoms with van der Waals surface area (Å²) in [5.74, 6) is -0.272. The molecule has 1 aromatic carbocycles. The summed E-state index contributed by atoms with van der Waals surface area (Å²) >= 11 is 0. The molecule has 0 aliphatic carbocycles. The standard InChI is InChI=1S/C11H14N2O2/c1-3-13-10-6-4-5-8(11(14)15-2)9(10)7-12-13/h4-6,12H,3,7H2,1-2H3. The van der Waals surface area contributed by atoms with Gasteiger partial charge in [-0.1, -0.05) is 6.07 Å². The number of hydrogen-bond donors (Lipinski definition) is 1. The third-order valence-corrected chi connectivity index (χ3v) is 2.61. The van der Waals surface area contributed by atoms with Crippen molar-refractivity contribution >= 4 is 11.7 Å². The van der Waals surface area contributed by atoms with E-state index in [0.717, 1.165) is 17.8 Å². The Bertz CT molecular complexity index is 390. The van der Waals surface area contributed by atoms with Crippen LogP contribution in [0.25, 0.3) is 0 Å². The Hall–Kier alpha value is -1.55. The molecule has 4 nitrogen and oxygen atoms in total. The highest BCUT2D eigenvalue weighted by molar-refractivity contribution is 5.93. The Morgan fingerprint density at radius 1 is 1.60 bits per heavy atom. The van der Waals surface area contributed by atoms with Gasteiger partial charge in [-0.15, -0.1) is 0 Å². The molecule has 0 fully saturated rings. The lowest BCUT2D eigenvalue weighted by Gasteiger charge is -2.16. The number of hydrogen-bond acceptors (Lipinski definition) is 4. The van der Waals surface area contributed by atoms with Crippen LogP contribution in [-0.2, 0) is 11.3 Å². The van der Waals surface area contributed by atoms with Crippen LogP contribution < -0.4 is 10.4 Å². The maximum Gasteiger partial charge on any atom is 0.338 e. The molecule has 0 saturated heterocycles. The summed E-state index contributed by atoms with van der Waals surface area (Å²) in [4.78, 5) is 11.5. The lowest BCUT2D eigenvalue weighted by atomic mass is 10.1. The summed E-state index contributed by atoms with van der Waals surface area (Å²) < 4.78 is 4.75. The molecule has 0 aromatic heterocycles. The molecule has 1 aliphatic rings. The first-order chi connectivity index (χ1) is 7.27. The van der Waals surface area contributed by atoms with Crippen molar-refractivity contribution in [2.75, 3.05) is 18.7 Å². The van der Waals surface area contributed by atoms with E-state index < -0.39 is 0 Å². The minimum atomic E-state index is -0.272. The largest absolute Gasteiger partial charge is 0.465 e. The van der Waals surface area contributed by atoms with E-state index >= 15 is 0 Å². The number of ether oxygens (including phenoxy) is 1. The number of anilines is 1. The average molecular weight is 206 g/mol. The number of esters is 1. The van der Waals surface area contributed by atoms with Crippen LogP contribution in [0.3, 0.4) is 0 Å². The molecule has 15 heavy (non-hydrogen) atoms. The summed E-state index contributed by atoms with van der Waals surface area (Å²) in [7, 11) is 1.40. The molecule has 1 aromatic rings. The molecule has 0 saturated carbocycles. The van der Waals surface area contributed by atoms with Crippen LogP contribution in [0.15, 0.2) is 18.2 Å². The lowest BCUT2D eigenvalue weighted by molar-refractivity contribution is 0.0599. The third-order valence-electron chi connectivity index (χ3n) is 2.61. The third kappa shape index (κ3) is 1.57. The first kappa shape index (κ1) is 9.98. The second-order valence-electron chi connectivity index (χ2n) is 3.37. The van der Waals surface area contributed by atoms with Crippen LogP contribution in [0, 0.1) is 0 Å². The van der Waals surface area contributed by atoms with Crippen molar-refractivity contribution in [1.29, 1.82) is 0 Å². The molecular weight excluding hydrogens is 192 g/mol. The zero-order chi connectivity index (χ0) is 10.8. The minimum Gasteiger partial charge on any atom is -0.465 e. The summed E-state index contributed by atoms with van der Waals surface area (Å²) in [6.45, 7) is 3.62. The molecule has 4 heteroatoms. The van der Waals surface area contributed by atoms with E-state index in [4.69, 9.17) is 4.74 Å². The number of benzene rings is 1. The Balaban J connectivity index is 2.44. The van der Waals surface area contributed by atoms with Crippen molar-refractivity contribution in [3.05, 3.63) is 29.3 Å². The van der Waals surface area contributed by atoms with Crippen LogP contribution in [0.5, 0.6) is 0 Å². The molecule has 0 amide bonds. The number of rotatable bonds is 2. The zero-order valence-corrected chi connectivity index (χ0v) is 8.91. The van der Waals surface area contributed by atoms with Crippen molar-refractivity contribution in [1.82, 2.24) is 5.43 Å². The van der Waals surface area contributed by atoms with E-state index in [9.17, 15) is 4.79 Å². The van der Waals surface area contributed by atoms with Crippen molar-refractivity contribution in [3.63, 3.8) is 0 Å². The van der Waals surface area contributed by atoms with Crippen molar-refractivity contribution < 1.29 is 9.53 Å². The lowest BCUT2D eigenvalue weighted by Crippen LogP contribution is -2.31. The Morgan fingerprint density at radius 3 is 3.07 bits per heavy atom. The van der Waals surface area contributed by atoms with Crippen LogP contribution in [0.1, 0.15) is 22.8 Å². The topological polar surface area (TPSA) is 41.6 Å². The molecule has 0 atom stereocenters. The molecule has 0 spiro atoms. The number of nitrogens with one attached hydrogen (secondary N) is 1. The second-order valence-corrected chi connectivity index (χ2v) is 3.37. The maximum atomic E-state index is 11.5. The van der Waals surface area contributed by atoms with E-state index in [0.29, 0.717) is 12.1 Å². The van der Waals surface area contributed by atoms with Crippen LogP contribution in [0.2, 0.25) is 0 Å².